The lowest BCUT2D eigenvalue weighted by Crippen LogP contribution is -2.29. The average molecular weight is 332 g/mol. The van der Waals surface area contributed by atoms with Crippen LogP contribution in [-0.4, -0.2) is 13.7 Å². The zero-order valence-corrected chi connectivity index (χ0v) is 12.9. The molecule has 0 atom stereocenters. The van der Waals surface area contributed by atoms with Crippen LogP contribution in [0.1, 0.15) is 37.7 Å². The second-order valence-corrected chi connectivity index (χ2v) is 7.69. The Kier molecular flexibility index (Phi) is 4.33. The Morgan fingerprint density at radius 1 is 1.22 bits per heavy atom. The first-order chi connectivity index (χ1) is 8.49. The van der Waals surface area contributed by atoms with Gasteiger partial charge in [0.15, 0.2) is 0 Å². The molecule has 0 amide bonds. The topological polar surface area (TPSA) is 46.2 Å². The van der Waals surface area contributed by atoms with Crippen molar-refractivity contribution < 1.29 is 8.42 Å². The number of hydrogen-bond donors (Lipinski definition) is 1. The molecule has 3 nitrogen and oxygen atoms in total. The Morgan fingerprint density at radius 2 is 1.89 bits per heavy atom. The minimum absolute atomic E-state index is 0.230. The molecule has 1 N–H and O–H groups in total. The minimum atomic E-state index is -3.24. The maximum absolute atomic E-state index is 12.2. The van der Waals surface area contributed by atoms with E-state index >= 15 is 0 Å². The van der Waals surface area contributed by atoms with Gasteiger partial charge in [0.25, 0.3) is 0 Å². The Balaban J connectivity index is 2.13. The standard InChI is InChI=1S/C13H18BrNO2S/c1-10-7-8-11(9-13(10)14)15-18(16,17)12-5-3-2-4-6-12/h7-9,12,15H,2-6H2,1H3. The monoisotopic (exact) mass is 331 g/mol. The van der Waals surface area contributed by atoms with Gasteiger partial charge in [-0.3, -0.25) is 4.72 Å². The minimum Gasteiger partial charge on any atom is -0.283 e. The first-order valence-corrected chi connectivity index (χ1v) is 8.61. The Hall–Kier alpha value is -0.550. The van der Waals surface area contributed by atoms with Gasteiger partial charge in [0.05, 0.1) is 5.25 Å². The molecule has 0 heterocycles. The van der Waals surface area contributed by atoms with Gasteiger partial charge >= 0.3 is 0 Å². The molecule has 1 fully saturated rings. The molecule has 1 aromatic rings. The Labute approximate surface area is 117 Å². The smallest absolute Gasteiger partial charge is 0.235 e. The normalized spacial score (nSPS) is 17.7. The van der Waals surface area contributed by atoms with Gasteiger partial charge in [-0.1, -0.05) is 41.3 Å². The highest BCUT2D eigenvalue weighted by Gasteiger charge is 2.27. The van der Waals surface area contributed by atoms with E-state index in [9.17, 15) is 8.42 Å². The van der Waals surface area contributed by atoms with Gasteiger partial charge in [0, 0.05) is 10.2 Å². The SMILES string of the molecule is Cc1ccc(NS(=O)(=O)C2CCCCC2)cc1Br. The van der Waals surface area contributed by atoms with Gasteiger partial charge in [-0.05, 0) is 37.5 Å². The molecule has 0 aliphatic heterocycles. The summed E-state index contributed by atoms with van der Waals surface area (Å²) in [6.07, 6.45) is 4.75. The number of benzene rings is 1. The highest BCUT2D eigenvalue weighted by Crippen LogP contribution is 2.27. The fraction of sp³-hybridized carbons (Fsp3) is 0.538. The molecule has 0 spiro atoms. The predicted molar refractivity (Wildman–Crippen MR) is 78.3 cm³/mol. The fourth-order valence-corrected chi connectivity index (χ4v) is 4.23. The van der Waals surface area contributed by atoms with E-state index in [1.165, 1.54) is 0 Å². The second-order valence-electron chi connectivity index (χ2n) is 4.87. The summed E-state index contributed by atoms with van der Waals surface area (Å²) in [6.45, 7) is 1.98. The van der Waals surface area contributed by atoms with Gasteiger partial charge in [-0.25, -0.2) is 8.42 Å². The molecule has 0 radical (unpaired) electrons. The molecule has 0 unspecified atom stereocenters. The first kappa shape index (κ1) is 13.9. The zero-order chi connectivity index (χ0) is 13.2. The van der Waals surface area contributed by atoms with Gasteiger partial charge in [0.1, 0.15) is 0 Å². The molecule has 5 heteroatoms. The van der Waals surface area contributed by atoms with Gasteiger partial charge in [-0.2, -0.15) is 0 Å². The molecule has 1 saturated carbocycles. The van der Waals surface area contributed by atoms with Crippen molar-refractivity contribution in [3.63, 3.8) is 0 Å². The molecular weight excluding hydrogens is 314 g/mol. The number of rotatable bonds is 3. The lowest BCUT2D eigenvalue weighted by atomic mass is 10.0. The van der Waals surface area contributed by atoms with Crippen molar-refractivity contribution in [2.45, 2.75) is 44.3 Å². The number of sulfonamides is 1. The predicted octanol–water partition coefficient (Wildman–Crippen LogP) is 3.83. The summed E-state index contributed by atoms with van der Waals surface area (Å²) >= 11 is 3.41. The third-order valence-electron chi connectivity index (χ3n) is 3.42. The Bertz CT molecular complexity index is 522. The molecule has 1 aliphatic rings. The average Bonchev–Trinajstić information content (AvgIpc) is 2.35. The third-order valence-corrected chi connectivity index (χ3v) is 6.15. The lowest BCUT2D eigenvalue weighted by Gasteiger charge is -2.22. The largest absolute Gasteiger partial charge is 0.283 e. The van der Waals surface area contributed by atoms with Crippen molar-refractivity contribution in [2.24, 2.45) is 0 Å². The molecular formula is C13H18BrNO2S. The van der Waals surface area contributed by atoms with Crippen molar-refractivity contribution >= 4 is 31.6 Å². The summed E-state index contributed by atoms with van der Waals surface area (Å²) in [6, 6.07) is 5.53. The number of halogens is 1. The molecule has 1 aliphatic carbocycles. The van der Waals surface area contributed by atoms with Crippen molar-refractivity contribution in [2.75, 3.05) is 4.72 Å². The summed E-state index contributed by atoms with van der Waals surface area (Å²) < 4.78 is 28.1. The molecule has 1 aromatic carbocycles. The highest BCUT2D eigenvalue weighted by molar-refractivity contribution is 9.10. The van der Waals surface area contributed by atoms with Crippen LogP contribution < -0.4 is 4.72 Å². The number of nitrogens with one attached hydrogen (secondary N) is 1. The van der Waals surface area contributed by atoms with E-state index in [0.717, 1.165) is 42.1 Å². The van der Waals surface area contributed by atoms with E-state index in [1.807, 2.05) is 19.1 Å². The van der Waals surface area contributed by atoms with E-state index in [1.54, 1.807) is 6.07 Å². The number of hydrogen-bond acceptors (Lipinski definition) is 2. The van der Waals surface area contributed by atoms with Crippen LogP contribution in [-0.2, 0) is 10.0 Å². The third kappa shape index (κ3) is 3.26. The van der Waals surface area contributed by atoms with Crippen LogP contribution in [0.5, 0.6) is 0 Å². The summed E-state index contributed by atoms with van der Waals surface area (Å²) in [4.78, 5) is 0. The molecule has 0 aromatic heterocycles. The maximum atomic E-state index is 12.2. The molecule has 0 bridgehead atoms. The molecule has 100 valence electrons. The van der Waals surface area contributed by atoms with E-state index in [2.05, 4.69) is 20.7 Å². The second kappa shape index (κ2) is 5.61. The zero-order valence-electron chi connectivity index (χ0n) is 10.4. The van der Waals surface area contributed by atoms with E-state index < -0.39 is 10.0 Å². The first-order valence-electron chi connectivity index (χ1n) is 6.27. The van der Waals surface area contributed by atoms with Crippen LogP contribution in [0, 0.1) is 6.92 Å². The lowest BCUT2D eigenvalue weighted by molar-refractivity contribution is 0.486. The number of anilines is 1. The fourth-order valence-electron chi connectivity index (χ4n) is 2.28. The van der Waals surface area contributed by atoms with Crippen LogP contribution in [0.4, 0.5) is 5.69 Å². The van der Waals surface area contributed by atoms with E-state index in [0.29, 0.717) is 5.69 Å². The van der Waals surface area contributed by atoms with Crippen LogP contribution in [0.25, 0.3) is 0 Å². The van der Waals surface area contributed by atoms with Gasteiger partial charge in [-0.15, -0.1) is 0 Å². The van der Waals surface area contributed by atoms with Crippen LogP contribution in [0.2, 0.25) is 0 Å². The summed E-state index contributed by atoms with van der Waals surface area (Å²) in [5, 5.41) is -0.230. The van der Waals surface area contributed by atoms with Crippen LogP contribution >= 0.6 is 15.9 Å². The maximum Gasteiger partial charge on any atom is 0.235 e. The van der Waals surface area contributed by atoms with Gasteiger partial charge in [0.2, 0.25) is 10.0 Å². The molecule has 18 heavy (non-hydrogen) atoms. The van der Waals surface area contributed by atoms with E-state index in [-0.39, 0.29) is 5.25 Å². The van der Waals surface area contributed by atoms with Crippen molar-refractivity contribution in [1.82, 2.24) is 0 Å². The quantitative estimate of drug-likeness (QED) is 0.914. The summed E-state index contributed by atoms with van der Waals surface area (Å²) in [7, 11) is -3.24. The highest BCUT2D eigenvalue weighted by atomic mass is 79.9. The van der Waals surface area contributed by atoms with Crippen molar-refractivity contribution in [3.8, 4) is 0 Å². The van der Waals surface area contributed by atoms with E-state index in [4.69, 9.17) is 0 Å². The molecule has 2 rings (SSSR count). The Morgan fingerprint density at radius 3 is 2.50 bits per heavy atom. The summed E-state index contributed by atoms with van der Waals surface area (Å²) in [5.41, 5.74) is 1.73. The summed E-state index contributed by atoms with van der Waals surface area (Å²) in [5.74, 6) is 0. The van der Waals surface area contributed by atoms with Gasteiger partial charge < -0.3 is 0 Å². The number of aryl methyl sites for hydroxylation is 1. The van der Waals surface area contributed by atoms with Crippen LogP contribution in [0.3, 0.4) is 0 Å². The van der Waals surface area contributed by atoms with Crippen LogP contribution in [0.15, 0.2) is 22.7 Å². The van der Waals surface area contributed by atoms with Crippen molar-refractivity contribution in [1.29, 1.82) is 0 Å². The van der Waals surface area contributed by atoms with Crippen molar-refractivity contribution in [3.05, 3.63) is 28.2 Å². The molecule has 0 saturated heterocycles.